The Morgan fingerprint density at radius 2 is 1.58 bits per heavy atom. The second kappa shape index (κ2) is 8.69. The highest BCUT2D eigenvalue weighted by Crippen LogP contribution is 2.24. The summed E-state index contributed by atoms with van der Waals surface area (Å²) in [5, 5.41) is 7.18. The number of thiocarbonyl (C=S) groups is 1. The lowest BCUT2D eigenvalue weighted by Gasteiger charge is -2.21. The highest BCUT2D eigenvalue weighted by atomic mass is 32.1. The fraction of sp³-hybridized carbons (Fsp3) is 0.350. The molecule has 128 valence electrons. The molecule has 0 bridgehead atoms. The van der Waals surface area contributed by atoms with Gasteiger partial charge in [-0.25, -0.2) is 0 Å². The van der Waals surface area contributed by atoms with Crippen molar-refractivity contribution in [2.24, 2.45) is 0 Å². The van der Waals surface area contributed by atoms with E-state index in [-0.39, 0.29) is 0 Å². The minimum atomic E-state index is 0.449. The van der Waals surface area contributed by atoms with E-state index in [1.807, 2.05) is 6.07 Å². The number of anilines is 3. The van der Waals surface area contributed by atoms with E-state index in [1.54, 1.807) is 0 Å². The zero-order valence-corrected chi connectivity index (χ0v) is 15.8. The van der Waals surface area contributed by atoms with Crippen LogP contribution in [0.3, 0.4) is 0 Å². The molecule has 0 aliphatic carbocycles. The van der Waals surface area contributed by atoms with E-state index in [0.717, 1.165) is 24.5 Å². The number of para-hydroxylation sites is 1. The molecule has 2 N–H and O–H groups in total. The van der Waals surface area contributed by atoms with Crippen molar-refractivity contribution in [3.63, 3.8) is 0 Å². The van der Waals surface area contributed by atoms with E-state index in [4.69, 9.17) is 12.2 Å². The van der Waals surface area contributed by atoms with Crippen LogP contribution in [0.1, 0.15) is 39.2 Å². The minimum absolute atomic E-state index is 0.449. The molecule has 2 aromatic rings. The summed E-state index contributed by atoms with van der Waals surface area (Å²) in [6.07, 6.45) is 0. The van der Waals surface area contributed by atoms with Crippen LogP contribution < -0.4 is 15.5 Å². The first-order chi connectivity index (χ1) is 11.5. The van der Waals surface area contributed by atoms with Crippen molar-refractivity contribution in [3.05, 3.63) is 54.1 Å². The largest absolute Gasteiger partial charge is 0.372 e. The summed E-state index contributed by atoms with van der Waals surface area (Å²) in [6, 6.07) is 16.7. The molecule has 0 heterocycles. The van der Waals surface area contributed by atoms with Crippen molar-refractivity contribution in [1.29, 1.82) is 0 Å². The molecule has 24 heavy (non-hydrogen) atoms. The molecule has 0 aliphatic rings. The monoisotopic (exact) mass is 341 g/mol. The quantitative estimate of drug-likeness (QED) is 0.682. The van der Waals surface area contributed by atoms with E-state index < -0.39 is 0 Å². The van der Waals surface area contributed by atoms with Gasteiger partial charge in [0, 0.05) is 30.2 Å². The molecule has 0 fully saturated rings. The molecule has 0 radical (unpaired) electrons. The number of benzene rings is 2. The zero-order valence-electron chi connectivity index (χ0n) is 15.0. The molecular formula is C20H27N3S. The van der Waals surface area contributed by atoms with Gasteiger partial charge in [0.1, 0.15) is 0 Å². The Morgan fingerprint density at radius 3 is 2.17 bits per heavy atom. The highest BCUT2D eigenvalue weighted by Gasteiger charge is 2.07. The first-order valence-corrected chi connectivity index (χ1v) is 8.97. The average Bonchev–Trinajstić information content (AvgIpc) is 2.57. The van der Waals surface area contributed by atoms with Gasteiger partial charge in [-0.2, -0.15) is 0 Å². The third-order valence-corrected chi connectivity index (χ3v) is 4.29. The van der Waals surface area contributed by atoms with Crippen LogP contribution in [0.25, 0.3) is 0 Å². The molecule has 0 amide bonds. The summed E-state index contributed by atoms with van der Waals surface area (Å²) in [5.74, 6) is 0.449. The first-order valence-electron chi connectivity index (χ1n) is 8.57. The van der Waals surface area contributed by atoms with Gasteiger partial charge in [-0.3, -0.25) is 0 Å². The number of nitrogens with zero attached hydrogens (tertiary/aromatic N) is 1. The lowest BCUT2D eigenvalue weighted by molar-refractivity contribution is 0.866. The molecule has 2 rings (SSSR count). The minimum Gasteiger partial charge on any atom is -0.372 e. The standard InChI is InChI=1S/C20H27N3S/c1-5-23(6-2)17-13-11-16(12-14-17)21-20(24)22-19-10-8-7-9-18(19)15(3)4/h7-15H,5-6H2,1-4H3,(H2,21,22,24). The Labute approximate surface area is 151 Å². The van der Waals surface area contributed by atoms with Crippen molar-refractivity contribution in [1.82, 2.24) is 0 Å². The Kier molecular flexibility index (Phi) is 6.62. The van der Waals surface area contributed by atoms with Crippen LogP contribution in [0.2, 0.25) is 0 Å². The van der Waals surface area contributed by atoms with Gasteiger partial charge in [-0.1, -0.05) is 32.0 Å². The zero-order chi connectivity index (χ0) is 17.5. The summed E-state index contributed by atoms with van der Waals surface area (Å²) in [6.45, 7) is 10.7. The Balaban J connectivity index is 2.03. The van der Waals surface area contributed by atoms with Gasteiger partial charge in [0.05, 0.1) is 0 Å². The van der Waals surface area contributed by atoms with Crippen LogP contribution in [0.15, 0.2) is 48.5 Å². The smallest absolute Gasteiger partial charge is 0.175 e. The predicted molar refractivity (Wildman–Crippen MR) is 110 cm³/mol. The SMILES string of the molecule is CCN(CC)c1ccc(NC(=S)Nc2ccccc2C(C)C)cc1. The molecule has 0 saturated carbocycles. The summed E-state index contributed by atoms with van der Waals surface area (Å²) >= 11 is 5.46. The maximum absolute atomic E-state index is 5.46. The number of rotatable bonds is 6. The Morgan fingerprint density at radius 1 is 0.958 bits per heavy atom. The second-order valence-corrected chi connectivity index (χ2v) is 6.45. The molecular weight excluding hydrogens is 314 g/mol. The lowest BCUT2D eigenvalue weighted by atomic mass is 10.0. The Hall–Kier alpha value is -2.07. The van der Waals surface area contributed by atoms with E-state index in [1.165, 1.54) is 11.3 Å². The van der Waals surface area contributed by atoms with Crippen molar-refractivity contribution < 1.29 is 0 Å². The molecule has 0 aromatic heterocycles. The van der Waals surface area contributed by atoms with E-state index in [2.05, 4.69) is 85.7 Å². The Bertz CT molecular complexity index is 661. The summed E-state index contributed by atoms with van der Waals surface area (Å²) < 4.78 is 0. The van der Waals surface area contributed by atoms with E-state index in [0.29, 0.717) is 11.0 Å². The summed E-state index contributed by atoms with van der Waals surface area (Å²) in [4.78, 5) is 2.32. The molecule has 0 saturated heterocycles. The normalized spacial score (nSPS) is 10.5. The predicted octanol–water partition coefficient (Wildman–Crippen LogP) is 5.47. The topological polar surface area (TPSA) is 27.3 Å². The van der Waals surface area contributed by atoms with Crippen LogP contribution >= 0.6 is 12.2 Å². The van der Waals surface area contributed by atoms with Crippen LogP contribution in [-0.4, -0.2) is 18.2 Å². The lowest BCUT2D eigenvalue weighted by Crippen LogP contribution is -2.22. The number of hydrogen-bond donors (Lipinski definition) is 2. The van der Waals surface area contributed by atoms with Crippen molar-refractivity contribution >= 4 is 34.4 Å². The number of nitrogens with one attached hydrogen (secondary N) is 2. The van der Waals surface area contributed by atoms with Gasteiger partial charge >= 0.3 is 0 Å². The maximum atomic E-state index is 5.46. The fourth-order valence-corrected chi connectivity index (χ4v) is 2.97. The molecule has 0 unspecified atom stereocenters. The molecule has 0 atom stereocenters. The van der Waals surface area contributed by atoms with Crippen molar-refractivity contribution in [2.75, 3.05) is 28.6 Å². The molecule has 0 spiro atoms. The van der Waals surface area contributed by atoms with Crippen molar-refractivity contribution in [3.8, 4) is 0 Å². The van der Waals surface area contributed by atoms with Gasteiger partial charge in [0.25, 0.3) is 0 Å². The average molecular weight is 342 g/mol. The number of hydrogen-bond acceptors (Lipinski definition) is 2. The van der Waals surface area contributed by atoms with Crippen LogP contribution in [0.4, 0.5) is 17.1 Å². The maximum Gasteiger partial charge on any atom is 0.175 e. The van der Waals surface area contributed by atoms with Crippen LogP contribution in [0, 0.1) is 0 Å². The third kappa shape index (κ3) is 4.71. The molecule has 2 aromatic carbocycles. The van der Waals surface area contributed by atoms with Gasteiger partial charge in [0.2, 0.25) is 0 Å². The van der Waals surface area contributed by atoms with Gasteiger partial charge in [-0.15, -0.1) is 0 Å². The first kappa shape index (κ1) is 18.3. The van der Waals surface area contributed by atoms with Crippen LogP contribution in [-0.2, 0) is 0 Å². The molecule has 0 aliphatic heterocycles. The summed E-state index contributed by atoms with van der Waals surface area (Å²) in [7, 11) is 0. The third-order valence-electron chi connectivity index (χ3n) is 4.08. The van der Waals surface area contributed by atoms with E-state index >= 15 is 0 Å². The van der Waals surface area contributed by atoms with Gasteiger partial charge in [-0.05, 0) is 67.9 Å². The van der Waals surface area contributed by atoms with Gasteiger partial charge in [0.15, 0.2) is 5.11 Å². The van der Waals surface area contributed by atoms with Crippen molar-refractivity contribution in [2.45, 2.75) is 33.6 Å². The van der Waals surface area contributed by atoms with Gasteiger partial charge < -0.3 is 15.5 Å². The van der Waals surface area contributed by atoms with Crippen LogP contribution in [0.5, 0.6) is 0 Å². The second-order valence-electron chi connectivity index (χ2n) is 6.04. The molecule has 4 heteroatoms. The molecule has 3 nitrogen and oxygen atoms in total. The van der Waals surface area contributed by atoms with E-state index in [9.17, 15) is 0 Å². The highest BCUT2D eigenvalue weighted by molar-refractivity contribution is 7.80. The summed E-state index contributed by atoms with van der Waals surface area (Å²) in [5.41, 5.74) is 4.54. The fourth-order valence-electron chi connectivity index (χ4n) is 2.74.